The van der Waals surface area contributed by atoms with E-state index in [1.54, 1.807) is 0 Å². The van der Waals surface area contributed by atoms with E-state index in [1.807, 2.05) is 0 Å². The molecule has 1 amide bonds. The SMILES string of the molecule is Cc1cc(F)c(C(=O)N(CCO)C2CC2)cc1F. The number of aliphatic hydroxyl groups excluding tert-OH is 1. The molecule has 1 aliphatic carbocycles. The van der Waals surface area contributed by atoms with Crippen molar-refractivity contribution in [1.29, 1.82) is 0 Å². The summed E-state index contributed by atoms with van der Waals surface area (Å²) in [5, 5.41) is 8.92. The van der Waals surface area contributed by atoms with E-state index >= 15 is 0 Å². The Balaban J connectivity index is 2.29. The molecule has 0 bridgehead atoms. The standard InChI is InChI=1S/C13H15F2NO2/c1-8-6-12(15)10(7-11(8)14)13(18)16(4-5-17)9-2-3-9/h6-7,9,17H,2-5H2,1H3. The van der Waals surface area contributed by atoms with Crippen molar-refractivity contribution in [2.24, 2.45) is 0 Å². The monoisotopic (exact) mass is 255 g/mol. The van der Waals surface area contributed by atoms with Gasteiger partial charge in [0.1, 0.15) is 11.6 Å². The first-order valence-corrected chi connectivity index (χ1v) is 5.92. The summed E-state index contributed by atoms with van der Waals surface area (Å²) >= 11 is 0. The summed E-state index contributed by atoms with van der Waals surface area (Å²) in [6, 6.07) is 2.00. The number of halogens is 2. The highest BCUT2D eigenvalue weighted by Gasteiger charge is 2.33. The number of aliphatic hydroxyl groups is 1. The summed E-state index contributed by atoms with van der Waals surface area (Å²) in [6.45, 7) is 1.41. The lowest BCUT2D eigenvalue weighted by molar-refractivity contribution is 0.0702. The van der Waals surface area contributed by atoms with Crippen LogP contribution in [-0.2, 0) is 0 Å². The second-order valence-corrected chi connectivity index (χ2v) is 4.53. The highest BCUT2D eigenvalue weighted by Crippen LogP contribution is 2.28. The summed E-state index contributed by atoms with van der Waals surface area (Å²) in [5.74, 6) is -1.87. The summed E-state index contributed by atoms with van der Waals surface area (Å²) in [5.41, 5.74) is -0.0948. The molecule has 1 N–H and O–H groups in total. The third-order valence-corrected chi connectivity index (χ3v) is 3.07. The maximum Gasteiger partial charge on any atom is 0.257 e. The molecule has 18 heavy (non-hydrogen) atoms. The van der Waals surface area contributed by atoms with E-state index < -0.39 is 17.5 Å². The highest BCUT2D eigenvalue weighted by molar-refractivity contribution is 5.95. The van der Waals surface area contributed by atoms with E-state index in [2.05, 4.69) is 0 Å². The van der Waals surface area contributed by atoms with Gasteiger partial charge in [-0.25, -0.2) is 8.78 Å². The molecule has 0 atom stereocenters. The second kappa shape index (κ2) is 5.02. The molecule has 0 aliphatic heterocycles. The van der Waals surface area contributed by atoms with Crippen LogP contribution in [0.2, 0.25) is 0 Å². The molecule has 1 saturated carbocycles. The van der Waals surface area contributed by atoms with Gasteiger partial charge in [-0.3, -0.25) is 4.79 Å². The van der Waals surface area contributed by atoms with E-state index in [0.717, 1.165) is 25.0 Å². The van der Waals surface area contributed by atoms with Gasteiger partial charge in [-0.1, -0.05) is 0 Å². The number of hydrogen-bond acceptors (Lipinski definition) is 2. The number of amides is 1. The van der Waals surface area contributed by atoms with Gasteiger partial charge < -0.3 is 10.0 Å². The zero-order chi connectivity index (χ0) is 13.3. The van der Waals surface area contributed by atoms with Crippen molar-refractivity contribution in [2.75, 3.05) is 13.2 Å². The Bertz CT molecular complexity index is 472. The molecule has 0 radical (unpaired) electrons. The first-order chi connectivity index (χ1) is 8.54. The van der Waals surface area contributed by atoms with Crippen LogP contribution in [-0.4, -0.2) is 35.1 Å². The Labute approximate surface area is 104 Å². The summed E-state index contributed by atoms with van der Waals surface area (Å²) in [4.78, 5) is 13.5. The Morgan fingerprint density at radius 3 is 2.61 bits per heavy atom. The lowest BCUT2D eigenvalue weighted by atomic mass is 10.1. The predicted octanol–water partition coefficient (Wildman–Crippen LogP) is 1.87. The lowest BCUT2D eigenvalue weighted by Gasteiger charge is -2.21. The van der Waals surface area contributed by atoms with Gasteiger partial charge in [0.2, 0.25) is 0 Å². The smallest absolute Gasteiger partial charge is 0.257 e. The van der Waals surface area contributed by atoms with Crippen LogP contribution in [0.25, 0.3) is 0 Å². The van der Waals surface area contributed by atoms with Crippen molar-refractivity contribution in [2.45, 2.75) is 25.8 Å². The van der Waals surface area contributed by atoms with Gasteiger partial charge in [-0.2, -0.15) is 0 Å². The van der Waals surface area contributed by atoms with Crippen molar-refractivity contribution in [1.82, 2.24) is 4.90 Å². The fraction of sp³-hybridized carbons (Fsp3) is 0.462. The summed E-state index contributed by atoms with van der Waals surface area (Å²) < 4.78 is 27.1. The number of carbonyl (C=O) groups is 1. The van der Waals surface area contributed by atoms with Crippen LogP contribution in [0, 0.1) is 18.6 Å². The molecule has 0 unspecified atom stereocenters. The Kier molecular flexibility index (Phi) is 3.61. The molecule has 5 heteroatoms. The lowest BCUT2D eigenvalue weighted by Crippen LogP contribution is -2.36. The van der Waals surface area contributed by atoms with Crippen LogP contribution < -0.4 is 0 Å². The van der Waals surface area contributed by atoms with Crippen LogP contribution in [0.5, 0.6) is 0 Å². The van der Waals surface area contributed by atoms with Crippen LogP contribution in [0.3, 0.4) is 0 Å². The maximum absolute atomic E-state index is 13.7. The van der Waals surface area contributed by atoms with E-state index in [9.17, 15) is 13.6 Å². The van der Waals surface area contributed by atoms with Crippen LogP contribution in [0.1, 0.15) is 28.8 Å². The number of benzene rings is 1. The molecule has 1 aromatic carbocycles. The molecular formula is C13H15F2NO2. The van der Waals surface area contributed by atoms with Gasteiger partial charge in [0, 0.05) is 12.6 Å². The molecule has 0 spiro atoms. The minimum atomic E-state index is -0.720. The third-order valence-electron chi connectivity index (χ3n) is 3.07. The average molecular weight is 255 g/mol. The minimum absolute atomic E-state index is 0.0495. The van der Waals surface area contributed by atoms with Gasteiger partial charge in [-0.15, -0.1) is 0 Å². The van der Waals surface area contributed by atoms with E-state index in [-0.39, 0.29) is 30.3 Å². The fourth-order valence-corrected chi connectivity index (χ4v) is 1.91. The van der Waals surface area contributed by atoms with Crippen molar-refractivity contribution < 1.29 is 18.7 Å². The van der Waals surface area contributed by atoms with Gasteiger partial charge in [0.15, 0.2) is 0 Å². The normalized spacial score (nSPS) is 14.7. The number of aryl methyl sites for hydroxylation is 1. The largest absolute Gasteiger partial charge is 0.395 e. The third kappa shape index (κ3) is 2.51. The number of carbonyl (C=O) groups excluding carboxylic acids is 1. The number of nitrogens with zero attached hydrogens (tertiary/aromatic N) is 1. The molecule has 1 fully saturated rings. The van der Waals surface area contributed by atoms with Crippen molar-refractivity contribution >= 4 is 5.91 Å². The Morgan fingerprint density at radius 2 is 2.06 bits per heavy atom. The minimum Gasteiger partial charge on any atom is -0.395 e. The van der Waals surface area contributed by atoms with E-state index in [0.29, 0.717) is 0 Å². The molecule has 98 valence electrons. The fourth-order valence-electron chi connectivity index (χ4n) is 1.91. The van der Waals surface area contributed by atoms with Crippen molar-refractivity contribution in [3.63, 3.8) is 0 Å². The molecule has 2 rings (SSSR count). The van der Waals surface area contributed by atoms with Crippen molar-refractivity contribution in [3.05, 3.63) is 34.9 Å². The van der Waals surface area contributed by atoms with E-state index in [1.165, 1.54) is 11.8 Å². The van der Waals surface area contributed by atoms with Crippen LogP contribution in [0.4, 0.5) is 8.78 Å². The molecule has 1 aliphatic rings. The first-order valence-electron chi connectivity index (χ1n) is 5.92. The second-order valence-electron chi connectivity index (χ2n) is 4.53. The quantitative estimate of drug-likeness (QED) is 0.892. The molecule has 0 aromatic heterocycles. The van der Waals surface area contributed by atoms with Gasteiger partial charge >= 0.3 is 0 Å². The number of hydrogen-bond donors (Lipinski definition) is 1. The average Bonchev–Trinajstić information content (AvgIpc) is 3.14. The Hall–Kier alpha value is -1.49. The zero-order valence-corrected chi connectivity index (χ0v) is 10.1. The topological polar surface area (TPSA) is 40.5 Å². The molecule has 3 nitrogen and oxygen atoms in total. The Morgan fingerprint density at radius 1 is 1.39 bits per heavy atom. The molecular weight excluding hydrogens is 240 g/mol. The predicted molar refractivity (Wildman–Crippen MR) is 62.2 cm³/mol. The highest BCUT2D eigenvalue weighted by atomic mass is 19.1. The first kappa shape index (κ1) is 13.0. The van der Waals surface area contributed by atoms with E-state index in [4.69, 9.17) is 5.11 Å². The molecule has 1 aromatic rings. The molecule has 0 saturated heterocycles. The van der Waals surface area contributed by atoms with Gasteiger partial charge in [-0.05, 0) is 37.5 Å². The van der Waals surface area contributed by atoms with Crippen LogP contribution >= 0.6 is 0 Å². The summed E-state index contributed by atoms with van der Waals surface area (Å²) in [6.07, 6.45) is 1.70. The molecule has 0 heterocycles. The zero-order valence-electron chi connectivity index (χ0n) is 10.1. The summed E-state index contributed by atoms with van der Waals surface area (Å²) in [7, 11) is 0. The van der Waals surface area contributed by atoms with Crippen LogP contribution in [0.15, 0.2) is 12.1 Å². The van der Waals surface area contributed by atoms with Gasteiger partial charge in [0.25, 0.3) is 5.91 Å². The van der Waals surface area contributed by atoms with Gasteiger partial charge in [0.05, 0.1) is 12.2 Å². The maximum atomic E-state index is 13.7. The van der Waals surface area contributed by atoms with Crippen molar-refractivity contribution in [3.8, 4) is 0 Å². The number of rotatable bonds is 4.